The summed E-state index contributed by atoms with van der Waals surface area (Å²) in [5.74, 6) is 0.343. The lowest BCUT2D eigenvalue weighted by molar-refractivity contribution is -0.112. The van der Waals surface area contributed by atoms with Crippen molar-refractivity contribution < 1.29 is 24.5 Å². The number of amides is 2. The fourth-order valence-corrected chi connectivity index (χ4v) is 7.46. The van der Waals surface area contributed by atoms with Gasteiger partial charge in [-0.15, -0.1) is 0 Å². The van der Waals surface area contributed by atoms with Crippen LogP contribution in [-0.2, 0) is 22.4 Å². The average Bonchev–Trinajstić information content (AvgIpc) is 3.21. The predicted octanol–water partition coefficient (Wildman–Crippen LogP) is 8.93. The number of benzene rings is 4. The van der Waals surface area contributed by atoms with Gasteiger partial charge in [0.2, 0.25) is 11.8 Å². The van der Waals surface area contributed by atoms with Gasteiger partial charge in [0, 0.05) is 35.6 Å². The average molecular weight is 759 g/mol. The summed E-state index contributed by atoms with van der Waals surface area (Å²) >= 11 is 0. The van der Waals surface area contributed by atoms with Crippen LogP contribution in [0.1, 0.15) is 73.6 Å². The molecule has 296 valence electrons. The smallest absolute Gasteiger partial charge is 0.248 e. The van der Waals surface area contributed by atoms with E-state index < -0.39 is 0 Å². The van der Waals surface area contributed by atoms with Gasteiger partial charge in [-0.05, 0) is 149 Å². The summed E-state index contributed by atoms with van der Waals surface area (Å²) in [5.41, 5.74) is 5.75. The fraction of sp³-hybridized carbons (Fsp3) is 0.362. The van der Waals surface area contributed by atoms with Crippen molar-refractivity contribution in [3.8, 4) is 17.2 Å². The minimum Gasteiger partial charge on any atom is -0.508 e. The van der Waals surface area contributed by atoms with Gasteiger partial charge in [0.15, 0.2) is 11.5 Å². The van der Waals surface area contributed by atoms with Crippen LogP contribution < -0.4 is 15.4 Å². The molecule has 0 radical (unpaired) electrons. The topological polar surface area (TPSA) is 114 Å². The monoisotopic (exact) mass is 758 g/mol. The second-order valence-corrected chi connectivity index (χ2v) is 14.8. The van der Waals surface area contributed by atoms with Crippen LogP contribution in [0.3, 0.4) is 0 Å². The Kier molecular flexibility index (Phi) is 16.1. The number of rotatable bonds is 13. The van der Waals surface area contributed by atoms with Crippen molar-refractivity contribution in [3.63, 3.8) is 0 Å². The number of ether oxygens (including phenoxy) is 1. The highest BCUT2D eigenvalue weighted by molar-refractivity contribution is 6.03. The Labute approximate surface area is 332 Å². The summed E-state index contributed by atoms with van der Waals surface area (Å²) < 4.78 is 5.10. The highest BCUT2D eigenvalue weighted by Crippen LogP contribution is 2.28. The fourth-order valence-electron chi connectivity index (χ4n) is 7.46. The van der Waals surface area contributed by atoms with Crippen molar-refractivity contribution in [2.75, 3.05) is 44.9 Å². The molecule has 9 heteroatoms. The molecular weight excluding hydrogens is 701 g/mol. The molecular formula is C47H58N4O5. The van der Waals surface area contributed by atoms with E-state index in [0.717, 1.165) is 48.2 Å². The van der Waals surface area contributed by atoms with Crippen molar-refractivity contribution >= 4 is 35.3 Å². The summed E-state index contributed by atoms with van der Waals surface area (Å²) in [6.07, 6.45) is 18.3. The van der Waals surface area contributed by atoms with Crippen LogP contribution in [0.5, 0.6) is 17.2 Å². The first-order valence-corrected chi connectivity index (χ1v) is 19.9. The number of carbonyl (C=O) groups excluding carboxylic acids is 2. The number of likely N-dealkylation sites (tertiary alicyclic amines) is 2. The maximum atomic E-state index is 12.4. The quantitative estimate of drug-likeness (QED) is 0.101. The summed E-state index contributed by atoms with van der Waals surface area (Å²) in [7, 11) is 5.92. The SMILES string of the molecule is CN1CCCCC1CCc1ccccc1NC(=O)/C=C/c1ccc(O)cc1.COc1cc(/C=C/C(=O)Nc2ccccc2CCC2CCCCN2C)ccc1O. The first-order chi connectivity index (χ1) is 27.2. The molecule has 4 aromatic carbocycles. The maximum Gasteiger partial charge on any atom is 0.248 e. The molecule has 2 amide bonds. The van der Waals surface area contributed by atoms with Crippen molar-refractivity contribution in [1.82, 2.24) is 9.80 Å². The number of nitrogens with one attached hydrogen (secondary N) is 2. The third-order valence-electron chi connectivity index (χ3n) is 10.8. The Morgan fingerprint density at radius 2 is 1.16 bits per heavy atom. The molecule has 4 N–H and O–H groups in total. The molecule has 2 aliphatic heterocycles. The number of para-hydroxylation sites is 2. The number of carbonyl (C=O) groups is 2. The second-order valence-electron chi connectivity index (χ2n) is 14.8. The Bertz CT molecular complexity index is 1920. The van der Waals surface area contributed by atoms with E-state index in [1.807, 2.05) is 36.4 Å². The van der Waals surface area contributed by atoms with E-state index in [2.05, 4.69) is 46.7 Å². The predicted molar refractivity (Wildman–Crippen MR) is 228 cm³/mol. The van der Waals surface area contributed by atoms with Gasteiger partial charge in [-0.25, -0.2) is 0 Å². The summed E-state index contributed by atoms with van der Waals surface area (Å²) in [4.78, 5) is 29.7. The van der Waals surface area contributed by atoms with Gasteiger partial charge in [0.25, 0.3) is 0 Å². The Balaban J connectivity index is 0.000000215. The molecule has 2 saturated heterocycles. The maximum absolute atomic E-state index is 12.4. The minimum atomic E-state index is -0.181. The van der Waals surface area contributed by atoms with Gasteiger partial charge in [-0.2, -0.15) is 0 Å². The molecule has 0 bridgehead atoms. The van der Waals surface area contributed by atoms with Crippen LogP contribution >= 0.6 is 0 Å². The number of aromatic hydroxyl groups is 2. The van der Waals surface area contributed by atoms with Gasteiger partial charge >= 0.3 is 0 Å². The van der Waals surface area contributed by atoms with Crippen LogP contribution in [0.15, 0.2) is 103 Å². The molecule has 9 nitrogen and oxygen atoms in total. The lowest BCUT2D eigenvalue weighted by Crippen LogP contribution is -2.36. The van der Waals surface area contributed by atoms with Crippen molar-refractivity contribution in [2.45, 2.75) is 76.3 Å². The number of phenols is 2. The van der Waals surface area contributed by atoms with E-state index in [0.29, 0.717) is 17.8 Å². The molecule has 2 atom stereocenters. The van der Waals surface area contributed by atoms with E-state index in [4.69, 9.17) is 4.74 Å². The zero-order chi connectivity index (χ0) is 39.7. The largest absolute Gasteiger partial charge is 0.508 e. The van der Waals surface area contributed by atoms with Gasteiger partial charge in [0.1, 0.15) is 5.75 Å². The molecule has 6 rings (SSSR count). The van der Waals surface area contributed by atoms with Gasteiger partial charge in [-0.3, -0.25) is 9.59 Å². The molecule has 2 unspecified atom stereocenters. The number of hydrogen-bond donors (Lipinski definition) is 4. The van der Waals surface area contributed by atoms with Gasteiger partial charge in [0.05, 0.1) is 7.11 Å². The Hall–Kier alpha value is -5.38. The minimum absolute atomic E-state index is 0.0756. The first-order valence-electron chi connectivity index (χ1n) is 19.9. The lowest BCUT2D eigenvalue weighted by atomic mass is 9.96. The van der Waals surface area contributed by atoms with E-state index in [1.165, 1.54) is 82.0 Å². The molecule has 0 saturated carbocycles. The third kappa shape index (κ3) is 13.1. The summed E-state index contributed by atoms with van der Waals surface area (Å²) in [5, 5.41) is 25.0. The van der Waals surface area contributed by atoms with Gasteiger partial charge < -0.3 is 35.4 Å². The Morgan fingerprint density at radius 3 is 1.66 bits per heavy atom. The number of methoxy groups -OCH3 is 1. The number of aryl methyl sites for hydroxylation is 2. The van der Waals surface area contributed by atoms with Crippen LogP contribution in [-0.4, -0.2) is 78.2 Å². The lowest BCUT2D eigenvalue weighted by Gasteiger charge is -2.32. The van der Waals surface area contributed by atoms with Crippen LogP contribution in [0.4, 0.5) is 11.4 Å². The van der Waals surface area contributed by atoms with E-state index in [-0.39, 0.29) is 23.3 Å². The normalized spacial score (nSPS) is 17.6. The molecule has 0 spiro atoms. The van der Waals surface area contributed by atoms with Crippen molar-refractivity contribution in [3.05, 3.63) is 125 Å². The summed E-state index contributed by atoms with van der Waals surface area (Å²) in [6.45, 7) is 2.36. The van der Waals surface area contributed by atoms with Gasteiger partial charge in [-0.1, -0.05) is 67.4 Å². The number of hydrogen-bond acceptors (Lipinski definition) is 7. The number of anilines is 2. The molecule has 0 aliphatic carbocycles. The third-order valence-corrected chi connectivity index (χ3v) is 10.8. The zero-order valence-corrected chi connectivity index (χ0v) is 33.1. The molecule has 4 aromatic rings. The number of piperidine rings is 2. The standard InChI is InChI=1S/C24H30N2O3.C23H28N2O2/c1-26-16-6-5-8-20(26)13-12-19-7-3-4-9-21(19)25-24(28)15-11-18-10-14-22(27)23(17-18)29-2;1-25-17-5-4-7-20(25)13-12-19-6-2-3-8-22(19)24-23(27)16-11-18-9-14-21(26)15-10-18/h3-4,7,9-11,14-15,17,20,27H,5-6,8,12-13,16H2,1-2H3,(H,25,28);2-3,6,8-11,14-16,20,26H,4-5,7,12-13,17H2,1H3,(H,24,27)/b15-11+;16-11+. The van der Waals surface area contributed by atoms with Crippen LogP contribution in [0, 0.1) is 0 Å². The van der Waals surface area contributed by atoms with Crippen molar-refractivity contribution in [1.29, 1.82) is 0 Å². The van der Waals surface area contributed by atoms with Crippen molar-refractivity contribution in [2.24, 2.45) is 0 Å². The molecule has 2 fully saturated rings. The Morgan fingerprint density at radius 1 is 0.679 bits per heavy atom. The van der Waals surface area contributed by atoms with Crippen LogP contribution in [0.25, 0.3) is 12.2 Å². The highest BCUT2D eigenvalue weighted by Gasteiger charge is 2.20. The second kappa shape index (κ2) is 21.6. The molecule has 2 aliphatic rings. The summed E-state index contributed by atoms with van der Waals surface area (Å²) in [6, 6.07) is 29.0. The first kappa shape index (κ1) is 41.8. The van der Waals surface area contributed by atoms with E-state index in [9.17, 15) is 19.8 Å². The number of nitrogens with zero attached hydrogens (tertiary/aromatic N) is 2. The van der Waals surface area contributed by atoms with E-state index in [1.54, 1.807) is 54.6 Å². The zero-order valence-electron chi connectivity index (χ0n) is 33.1. The van der Waals surface area contributed by atoms with Crippen LogP contribution in [0.2, 0.25) is 0 Å². The van der Waals surface area contributed by atoms with E-state index >= 15 is 0 Å². The molecule has 2 heterocycles. The molecule has 0 aromatic heterocycles. The molecule has 56 heavy (non-hydrogen) atoms. The number of phenolic OH excluding ortho intramolecular Hbond substituents is 2. The highest BCUT2D eigenvalue weighted by atomic mass is 16.5.